The Balaban J connectivity index is 2.23. The second-order valence-electron chi connectivity index (χ2n) is 6.09. The summed E-state index contributed by atoms with van der Waals surface area (Å²) < 4.78 is 6.15. The number of hydrogen-bond acceptors (Lipinski definition) is 2. The molecule has 2 unspecified atom stereocenters. The molecule has 0 amide bonds. The minimum Gasteiger partial charge on any atom is -0.376 e. The summed E-state index contributed by atoms with van der Waals surface area (Å²) in [5.74, 6) is 0.649. The van der Waals surface area contributed by atoms with Gasteiger partial charge in [0.2, 0.25) is 0 Å². The number of benzene rings is 1. The monoisotopic (exact) mass is 309 g/mol. The van der Waals surface area contributed by atoms with Crippen molar-refractivity contribution in [1.82, 2.24) is 5.32 Å². The summed E-state index contributed by atoms with van der Waals surface area (Å²) in [6, 6.07) is 6.59. The Labute approximate surface area is 134 Å². The number of halogens is 1. The van der Waals surface area contributed by atoms with Gasteiger partial charge in [-0.2, -0.15) is 0 Å². The molecule has 0 aromatic heterocycles. The SMILES string of the molecule is CCOC(C1CCCCC1)C(NC)c1ccc(C)c(Cl)c1. The van der Waals surface area contributed by atoms with Crippen LogP contribution in [0.15, 0.2) is 18.2 Å². The lowest BCUT2D eigenvalue weighted by molar-refractivity contribution is -0.0167. The van der Waals surface area contributed by atoms with Crippen LogP contribution in [0.3, 0.4) is 0 Å². The molecular weight excluding hydrogens is 282 g/mol. The molecule has 21 heavy (non-hydrogen) atoms. The predicted molar refractivity (Wildman–Crippen MR) is 90.0 cm³/mol. The van der Waals surface area contributed by atoms with Crippen LogP contribution >= 0.6 is 11.6 Å². The lowest BCUT2D eigenvalue weighted by Gasteiger charge is -2.36. The van der Waals surface area contributed by atoms with Gasteiger partial charge in [0.1, 0.15) is 0 Å². The van der Waals surface area contributed by atoms with Crippen molar-refractivity contribution in [2.45, 2.75) is 58.1 Å². The van der Waals surface area contributed by atoms with E-state index in [9.17, 15) is 0 Å². The van der Waals surface area contributed by atoms with E-state index in [4.69, 9.17) is 16.3 Å². The minimum atomic E-state index is 0.214. The molecule has 1 saturated carbocycles. The van der Waals surface area contributed by atoms with Crippen LogP contribution in [0.2, 0.25) is 5.02 Å². The molecule has 1 aromatic rings. The van der Waals surface area contributed by atoms with Gasteiger partial charge in [-0.05, 0) is 56.8 Å². The van der Waals surface area contributed by atoms with Gasteiger partial charge in [-0.15, -0.1) is 0 Å². The van der Waals surface area contributed by atoms with Crippen molar-refractivity contribution in [3.05, 3.63) is 34.3 Å². The quantitative estimate of drug-likeness (QED) is 0.807. The smallest absolute Gasteiger partial charge is 0.0797 e. The van der Waals surface area contributed by atoms with E-state index in [0.29, 0.717) is 5.92 Å². The standard InChI is InChI=1S/C18H28ClNO/c1-4-21-18(14-8-6-5-7-9-14)17(20-3)15-11-10-13(2)16(19)12-15/h10-12,14,17-18,20H,4-9H2,1-3H3. The molecule has 118 valence electrons. The summed E-state index contributed by atoms with van der Waals surface area (Å²) in [4.78, 5) is 0. The molecule has 0 bridgehead atoms. The fourth-order valence-electron chi connectivity index (χ4n) is 3.48. The fraction of sp³-hybridized carbons (Fsp3) is 0.667. The lowest BCUT2D eigenvalue weighted by Crippen LogP contribution is -2.38. The minimum absolute atomic E-state index is 0.214. The van der Waals surface area contributed by atoms with E-state index in [2.05, 4.69) is 30.4 Å². The molecule has 2 atom stereocenters. The maximum absolute atomic E-state index is 6.31. The number of likely N-dealkylation sites (N-methyl/N-ethyl adjacent to an activating group) is 1. The molecule has 1 N–H and O–H groups in total. The van der Waals surface area contributed by atoms with E-state index in [-0.39, 0.29) is 12.1 Å². The van der Waals surface area contributed by atoms with Gasteiger partial charge in [0.25, 0.3) is 0 Å². The Kier molecular flexibility index (Phi) is 6.53. The third-order valence-corrected chi connectivity index (χ3v) is 5.08. The van der Waals surface area contributed by atoms with E-state index in [1.54, 1.807) is 0 Å². The Morgan fingerprint density at radius 3 is 2.57 bits per heavy atom. The van der Waals surface area contributed by atoms with E-state index >= 15 is 0 Å². The van der Waals surface area contributed by atoms with Crippen molar-refractivity contribution in [3.8, 4) is 0 Å². The molecule has 3 heteroatoms. The zero-order valence-corrected chi connectivity index (χ0v) is 14.2. The molecule has 0 radical (unpaired) electrons. The van der Waals surface area contributed by atoms with E-state index in [0.717, 1.165) is 17.2 Å². The van der Waals surface area contributed by atoms with Crippen LogP contribution in [-0.2, 0) is 4.74 Å². The highest BCUT2D eigenvalue weighted by atomic mass is 35.5. The normalized spacial score (nSPS) is 19.4. The third-order valence-electron chi connectivity index (χ3n) is 4.67. The molecule has 1 aliphatic carbocycles. The summed E-state index contributed by atoms with van der Waals surface area (Å²) in [5.41, 5.74) is 2.36. The molecule has 0 heterocycles. The molecule has 1 fully saturated rings. The summed E-state index contributed by atoms with van der Waals surface area (Å²) in [6.45, 7) is 4.89. The Morgan fingerprint density at radius 1 is 1.29 bits per heavy atom. The molecule has 0 aliphatic heterocycles. The van der Waals surface area contributed by atoms with Gasteiger partial charge in [0.15, 0.2) is 0 Å². The van der Waals surface area contributed by atoms with Gasteiger partial charge >= 0.3 is 0 Å². The molecule has 0 saturated heterocycles. The van der Waals surface area contributed by atoms with Gasteiger partial charge in [-0.1, -0.05) is 43.0 Å². The number of nitrogens with one attached hydrogen (secondary N) is 1. The summed E-state index contributed by atoms with van der Waals surface area (Å²) in [6.07, 6.45) is 6.83. The predicted octanol–water partition coefficient (Wildman–Crippen LogP) is 4.89. The highest BCUT2D eigenvalue weighted by Gasteiger charge is 2.31. The molecule has 1 aromatic carbocycles. The van der Waals surface area contributed by atoms with E-state index < -0.39 is 0 Å². The molecule has 0 spiro atoms. The van der Waals surface area contributed by atoms with Gasteiger partial charge in [-0.25, -0.2) is 0 Å². The van der Waals surface area contributed by atoms with Crippen LogP contribution in [0.5, 0.6) is 0 Å². The fourth-order valence-corrected chi connectivity index (χ4v) is 3.67. The van der Waals surface area contributed by atoms with Crippen molar-refractivity contribution in [2.75, 3.05) is 13.7 Å². The van der Waals surface area contributed by atoms with Gasteiger partial charge in [0.05, 0.1) is 12.1 Å². The first-order chi connectivity index (χ1) is 10.2. The molecule has 1 aliphatic rings. The van der Waals surface area contributed by atoms with Crippen LogP contribution in [0.1, 0.15) is 56.2 Å². The summed E-state index contributed by atoms with van der Waals surface area (Å²) >= 11 is 6.31. The van der Waals surface area contributed by atoms with Crippen LogP contribution in [-0.4, -0.2) is 19.8 Å². The van der Waals surface area contributed by atoms with Gasteiger partial charge < -0.3 is 10.1 Å². The maximum Gasteiger partial charge on any atom is 0.0797 e. The lowest BCUT2D eigenvalue weighted by atomic mass is 9.81. The zero-order chi connectivity index (χ0) is 15.2. The summed E-state index contributed by atoms with van der Waals surface area (Å²) in [7, 11) is 2.02. The Bertz CT molecular complexity index is 443. The molecule has 2 nitrogen and oxygen atoms in total. The van der Waals surface area contributed by atoms with Gasteiger partial charge in [-0.3, -0.25) is 0 Å². The highest BCUT2D eigenvalue weighted by molar-refractivity contribution is 6.31. The molecule has 2 rings (SSSR count). The summed E-state index contributed by atoms with van der Waals surface area (Å²) in [5, 5.41) is 4.30. The van der Waals surface area contributed by atoms with Crippen LogP contribution in [0.25, 0.3) is 0 Å². The zero-order valence-electron chi connectivity index (χ0n) is 13.5. The number of hydrogen-bond donors (Lipinski definition) is 1. The van der Waals surface area contributed by atoms with Crippen LogP contribution in [0, 0.1) is 12.8 Å². The van der Waals surface area contributed by atoms with Gasteiger partial charge in [0, 0.05) is 11.6 Å². The second kappa shape index (κ2) is 8.17. The first-order valence-electron chi connectivity index (χ1n) is 8.22. The third kappa shape index (κ3) is 4.21. The average Bonchev–Trinajstić information content (AvgIpc) is 2.51. The maximum atomic E-state index is 6.31. The van der Waals surface area contributed by atoms with Crippen LogP contribution < -0.4 is 5.32 Å². The first kappa shape index (κ1) is 16.8. The second-order valence-corrected chi connectivity index (χ2v) is 6.50. The highest BCUT2D eigenvalue weighted by Crippen LogP contribution is 2.35. The van der Waals surface area contributed by atoms with Crippen molar-refractivity contribution in [2.24, 2.45) is 5.92 Å². The van der Waals surface area contributed by atoms with Crippen molar-refractivity contribution in [3.63, 3.8) is 0 Å². The average molecular weight is 310 g/mol. The van der Waals surface area contributed by atoms with Crippen LogP contribution in [0.4, 0.5) is 0 Å². The first-order valence-corrected chi connectivity index (χ1v) is 8.60. The molecular formula is C18H28ClNO. The van der Waals surface area contributed by atoms with Crippen molar-refractivity contribution < 1.29 is 4.74 Å². The van der Waals surface area contributed by atoms with Crippen molar-refractivity contribution in [1.29, 1.82) is 0 Å². The van der Waals surface area contributed by atoms with E-state index in [1.165, 1.54) is 37.7 Å². The topological polar surface area (TPSA) is 21.3 Å². The number of rotatable bonds is 6. The number of ether oxygens (including phenoxy) is 1. The van der Waals surface area contributed by atoms with E-state index in [1.807, 2.05) is 14.0 Å². The Morgan fingerprint density at radius 2 is 2.00 bits per heavy atom. The van der Waals surface area contributed by atoms with Crippen molar-refractivity contribution >= 4 is 11.6 Å². The largest absolute Gasteiger partial charge is 0.376 e. The number of aryl methyl sites for hydroxylation is 1. The Hall–Kier alpha value is -0.570.